The Morgan fingerprint density at radius 1 is 1.30 bits per heavy atom. The summed E-state index contributed by atoms with van der Waals surface area (Å²) in [6.07, 6.45) is -4.46. The van der Waals surface area contributed by atoms with E-state index in [1.165, 1.54) is 0 Å². The molecule has 0 spiro atoms. The molecule has 0 heterocycles. The number of carbonyl (C=O) groups is 1. The number of halogens is 3. The summed E-state index contributed by atoms with van der Waals surface area (Å²) in [5.41, 5.74) is 0. The smallest absolute Gasteiger partial charge is 0.466 e. The molecule has 0 radical (unpaired) electrons. The lowest BCUT2D eigenvalue weighted by atomic mass is 10.3. The molecule has 1 rings (SSSR count). The number of rotatable bonds is 8. The maximum absolute atomic E-state index is 12.1. The number of benzene rings is 1. The summed E-state index contributed by atoms with van der Waals surface area (Å²) >= 11 is 0. The predicted molar refractivity (Wildman–Crippen MR) is 74.2 cm³/mol. The molecule has 0 unspecified atom stereocenters. The molecule has 0 aromatic heterocycles. The molecule has 0 saturated carbocycles. The van der Waals surface area contributed by atoms with Crippen molar-refractivity contribution in [3.63, 3.8) is 0 Å². The molecule has 0 bridgehead atoms. The number of alkyl halides is 3. The lowest BCUT2D eigenvalue weighted by molar-refractivity contribution is -0.274. The number of carbonyl (C=O) groups excluding carboxylic acids is 1. The number of hydrogen-bond acceptors (Lipinski definition) is 5. The van der Waals surface area contributed by atoms with Gasteiger partial charge < -0.3 is 9.47 Å². The number of esters is 1. The first-order chi connectivity index (χ1) is 10.6. The van der Waals surface area contributed by atoms with Crippen LogP contribution in [-0.2, 0) is 19.6 Å². The van der Waals surface area contributed by atoms with Crippen LogP contribution in [0, 0.1) is 0 Å². The summed E-state index contributed by atoms with van der Waals surface area (Å²) in [6, 6.07) is 3.95. The van der Waals surface area contributed by atoms with E-state index in [1.54, 1.807) is 0 Å². The van der Waals surface area contributed by atoms with Gasteiger partial charge in [-0.1, -0.05) is 13.0 Å². The van der Waals surface area contributed by atoms with Crippen molar-refractivity contribution in [3.8, 4) is 5.75 Å². The van der Waals surface area contributed by atoms with Crippen molar-refractivity contribution in [2.75, 3.05) is 13.2 Å². The Morgan fingerprint density at radius 2 is 2.00 bits per heavy atom. The van der Waals surface area contributed by atoms with Gasteiger partial charge in [0, 0.05) is 12.6 Å². The van der Waals surface area contributed by atoms with Crippen molar-refractivity contribution in [1.82, 2.24) is 4.72 Å². The Bertz CT molecular complexity index is 631. The largest absolute Gasteiger partial charge is 0.573 e. The van der Waals surface area contributed by atoms with E-state index in [2.05, 4.69) is 9.46 Å². The second-order valence-corrected chi connectivity index (χ2v) is 6.16. The van der Waals surface area contributed by atoms with Gasteiger partial charge in [0.15, 0.2) is 0 Å². The van der Waals surface area contributed by atoms with Gasteiger partial charge in [-0.2, -0.15) is 0 Å². The normalized spacial score (nSPS) is 12.0. The quantitative estimate of drug-likeness (QED) is 0.723. The second kappa shape index (κ2) is 8.16. The average Bonchev–Trinajstić information content (AvgIpc) is 2.43. The van der Waals surface area contributed by atoms with Gasteiger partial charge in [-0.3, -0.25) is 4.79 Å². The minimum absolute atomic E-state index is 0.183. The standard InChI is InChI=1S/C13H16F3NO5S/c1-2-8-21-12(18)6-7-17-23(19,20)11-5-3-4-10(9-11)22-13(14,15)16/h3-5,9,17H,2,6-8H2,1H3. The van der Waals surface area contributed by atoms with Crippen molar-refractivity contribution in [2.45, 2.75) is 31.0 Å². The third-order valence-corrected chi connectivity index (χ3v) is 3.90. The summed E-state index contributed by atoms with van der Waals surface area (Å²) in [5.74, 6) is -1.22. The summed E-state index contributed by atoms with van der Waals surface area (Å²) in [5, 5.41) is 0. The van der Waals surface area contributed by atoms with Crippen molar-refractivity contribution < 1.29 is 35.9 Å². The zero-order chi connectivity index (χ0) is 17.5. The molecule has 130 valence electrons. The summed E-state index contributed by atoms with van der Waals surface area (Å²) in [7, 11) is -4.06. The molecular formula is C13H16F3NO5S. The molecule has 1 N–H and O–H groups in total. The first-order valence-corrected chi connectivity index (χ1v) is 8.13. The Kier molecular flexibility index (Phi) is 6.82. The van der Waals surface area contributed by atoms with E-state index in [9.17, 15) is 26.4 Å². The molecule has 1 aromatic carbocycles. The third kappa shape index (κ3) is 7.33. The van der Waals surface area contributed by atoms with Crippen LogP contribution in [0.2, 0.25) is 0 Å². The molecule has 0 aliphatic rings. The molecule has 0 amide bonds. The highest BCUT2D eigenvalue weighted by molar-refractivity contribution is 7.89. The monoisotopic (exact) mass is 355 g/mol. The molecule has 1 aromatic rings. The van der Waals surface area contributed by atoms with Crippen LogP contribution < -0.4 is 9.46 Å². The fourth-order valence-electron chi connectivity index (χ4n) is 1.50. The van der Waals surface area contributed by atoms with Crippen LogP contribution >= 0.6 is 0 Å². The fraction of sp³-hybridized carbons (Fsp3) is 0.462. The molecule has 0 aliphatic carbocycles. The summed E-state index contributed by atoms with van der Waals surface area (Å²) in [6.45, 7) is 1.82. The maximum atomic E-state index is 12.1. The van der Waals surface area contributed by atoms with E-state index < -0.39 is 33.0 Å². The van der Waals surface area contributed by atoms with Gasteiger partial charge in [-0.15, -0.1) is 13.2 Å². The average molecular weight is 355 g/mol. The molecule has 10 heteroatoms. The Hall–Kier alpha value is -1.81. The molecule has 0 atom stereocenters. The summed E-state index contributed by atoms with van der Waals surface area (Å²) in [4.78, 5) is 10.8. The highest BCUT2D eigenvalue weighted by atomic mass is 32.2. The lowest BCUT2D eigenvalue weighted by Gasteiger charge is -2.11. The van der Waals surface area contributed by atoms with Crippen molar-refractivity contribution >= 4 is 16.0 Å². The molecule has 23 heavy (non-hydrogen) atoms. The molecular weight excluding hydrogens is 339 g/mol. The van der Waals surface area contributed by atoms with Crippen LogP contribution in [0.25, 0.3) is 0 Å². The maximum Gasteiger partial charge on any atom is 0.573 e. The van der Waals surface area contributed by atoms with Gasteiger partial charge in [0.25, 0.3) is 0 Å². The van der Waals surface area contributed by atoms with Gasteiger partial charge in [0.2, 0.25) is 10.0 Å². The van der Waals surface area contributed by atoms with Gasteiger partial charge in [0.1, 0.15) is 5.75 Å². The zero-order valence-electron chi connectivity index (χ0n) is 12.2. The van der Waals surface area contributed by atoms with Crippen LogP contribution in [0.5, 0.6) is 5.75 Å². The second-order valence-electron chi connectivity index (χ2n) is 4.39. The molecule has 0 aliphatic heterocycles. The van der Waals surface area contributed by atoms with Gasteiger partial charge in [-0.25, -0.2) is 13.1 Å². The highest BCUT2D eigenvalue weighted by Gasteiger charge is 2.31. The lowest BCUT2D eigenvalue weighted by Crippen LogP contribution is -2.27. The first-order valence-electron chi connectivity index (χ1n) is 6.65. The summed E-state index contributed by atoms with van der Waals surface area (Å²) < 4.78 is 70.8. The van der Waals surface area contributed by atoms with E-state index in [0.29, 0.717) is 6.42 Å². The number of ether oxygens (including phenoxy) is 2. The topological polar surface area (TPSA) is 81.7 Å². The Labute approximate surface area is 131 Å². The Morgan fingerprint density at radius 3 is 2.61 bits per heavy atom. The van der Waals surface area contributed by atoms with E-state index in [-0.39, 0.29) is 19.6 Å². The van der Waals surface area contributed by atoms with Crippen LogP contribution in [0.1, 0.15) is 19.8 Å². The van der Waals surface area contributed by atoms with Crippen molar-refractivity contribution in [1.29, 1.82) is 0 Å². The van der Waals surface area contributed by atoms with Crippen LogP contribution in [0.15, 0.2) is 29.2 Å². The fourth-order valence-corrected chi connectivity index (χ4v) is 2.56. The van der Waals surface area contributed by atoms with E-state index in [4.69, 9.17) is 4.74 Å². The van der Waals surface area contributed by atoms with Crippen LogP contribution in [0.3, 0.4) is 0 Å². The molecule has 0 fully saturated rings. The highest BCUT2D eigenvalue weighted by Crippen LogP contribution is 2.24. The number of hydrogen-bond donors (Lipinski definition) is 1. The van der Waals surface area contributed by atoms with Crippen molar-refractivity contribution in [2.24, 2.45) is 0 Å². The van der Waals surface area contributed by atoms with E-state index in [1.807, 2.05) is 6.92 Å². The third-order valence-electron chi connectivity index (χ3n) is 2.44. The minimum Gasteiger partial charge on any atom is -0.466 e. The van der Waals surface area contributed by atoms with Crippen LogP contribution in [-0.4, -0.2) is 33.9 Å². The molecule has 6 nitrogen and oxygen atoms in total. The Balaban J connectivity index is 2.66. The van der Waals surface area contributed by atoms with Crippen molar-refractivity contribution in [3.05, 3.63) is 24.3 Å². The SMILES string of the molecule is CCCOC(=O)CCNS(=O)(=O)c1cccc(OC(F)(F)F)c1. The van der Waals surface area contributed by atoms with Gasteiger partial charge in [0.05, 0.1) is 17.9 Å². The van der Waals surface area contributed by atoms with Gasteiger partial charge >= 0.3 is 12.3 Å². The van der Waals surface area contributed by atoms with E-state index >= 15 is 0 Å². The molecule has 0 saturated heterocycles. The first kappa shape index (κ1) is 19.2. The van der Waals surface area contributed by atoms with E-state index in [0.717, 1.165) is 24.3 Å². The van der Waals surface area contributed by atoms with Gasteiger partial charge in [-0.05, 0) is 18.6 Å². The minimum atomic E-state index is -4.92. The number of nitrogens with one attached hydrogen (secondary N) is 1. The van der Waals surface area contributed by atoms with Crippen LogP contribution in [0.4, 0.5) is 13.2 Å². The predicted octanol–water partition coefficient (Wildman–Crippen LogP) is 2.21. The zero-order valence-corrected chi connectivity index (χ0v) is 13.0. The number of sulfonamides is 1.